The first-order valence-electron chi connectivity index (χ1n) is 8.00. The minimum Gasteiger partial charge on any atom is -0.340 e. The first-order chi connectivity index (χ1) is 10.1. The lowest BCUT2D eigenvalue weighted by atomic mass is 9.98. The molecule has 3 nitrogen and oxygen atoms in total. The molecule has 1 heterocycles. The summed E-state index contributed by atoms with van der Waals surface area (Å²) in [5.41, 5.74) is 9.86. The number of nitrogens with zero attached hydrogens (tertiary/aromatic N) is 1. The van der Waals surface area contributed by atoms with Gasteiger partial charge in [0.25, 0.3) is 0 Å². The van der Waals surface area contributed by atoms with Crippen LogP contribution in [0.15, 0.2) is 30.5 Å². The molecule has 3 N–H and O–H groups in total. The van der Waals surface area contributed by atoms with Gasteiger partial charge in [0.15, 0.2) is 0 Å². The number of hydrogen-bond acceptors (Lipinski definition) is 2. The third-order valence-electron chi connectivity index (χ3n) is 4.45. The minimum absolute atomic E-state index is 0.240. The number of benzene rings is 1. The summed E-state index contributed by atoms with van der Waals surface area (Å²) in [4.78, 5) is 7.97. The van der Waals surface area contributed by atoms with Gasteiger partial charge in [0.1, 0.15) is 5.82 Å². The topological polar surface area (TPSA) is 54.7 Å². The van der Waals surface area contributed by atoms with Crippen LogP contribution in [-0.2, 0) is 12.0 Å². The molecule has 112 valence electrons. The summed E-state index contributed by atoms with van der Waals surface area (Å²) in [5, 5.41) is 0. The maximum absolute atomic E-state index is 6.46. The summed E-state index contributed by atoms with van der Waals surface area (Å²) in [6.07, 6.45) is 7.52. The molecule has 0 aliphatic heterocycles. The number of aromatic nitrogens is 2. The standard InChI is InChI=1S/C18H25N3/c1-13(2)11-14-5-7-15(8-6-14)16-12-20-17(21-16)18(19)9-3-4-10-18/h5-8,12-13H,3-4,9-11,19H2,1-2H3,(H,20,21). The summed E-state index contributed by atoms with van der Waals surface area (Å²) < 4.78 is 0. The van der Waals surface area contributed by atoms with Gasteiger partial charge in [-0.3, -0.25) is 0 Å². The van der Waals surface area contributed by atoms with Crippen LogP contribution in [0.3, 0.4) is 0 Å². The van der Waals surface area contributed by atoms with Crippen LogP contribution in [0.4, 0.5) is 0 Å². The second-order valence-corrected chi connectivity index (χ2v) is 6.80. The van der Waals surface area contributed by atoms with Crippen LogP contribution < -0.4 is 5.73 Å². The third kappa shape index (κ3) is 3.03. The Morgan fingerprint density at radius 1 is 1.19 bits per heavy atom. The van der Waals surface area contributed by atoms with E-state index >= 15 is 0 Å². The fourth-order valence-electron chi connectivity index (χ4n) is 3.26. The Morgan fingerprint density at radius 3 is 2.48 bits per heavy atom. The van der Waals surface area contributed by atoms with E-state index < -0.39 is 0 Å². The number of aromatic amines is 1. The second kappa shape index (κ2) is 5.64. The Morgan fingerprint density at radius 2 is 1.86 bits per heavy atom. The smallest absolute Gasteiger partial charge is 0.126 e. The molecule has 1 fully saturated rings. The normalized spacial score (nSPS) is 17.5. The van der Waals surface area contributed by atoms with Crippen molar-refractivity contribution >= 4 is 0 Å². The van der Waals surface area contributed by atoms with Crippen LogP contribution in [0.1, 0.15) is 50.9 Å². The lowest BCUT2D eigenvalue weighted by Gasteiger charge is -2.20. The van der Waals surface area contributed by atoms with Crippen molar-refractivity contribution in [1.29, 1.82) is 0 Å². The van der Waals surface area contributed by atoms with Gasteiger partial charge in [0, 0.05) is 0 Å². The molecule has 1 aliphatic rings. The summed E-state index contributed by atoms with van der Waals surface area (Å²) >= 11 is 0. The zero-order valence-corrected chi connectivity index (χ0v) is 13.0. The van der Waals surface area contributed by atoms with Gasteiger partial charge in [-0.1, -0.05) is 51.0 Å². The quantitative estimate of drug-likeness (QED) is 0.891. The van der Waals surface area contributed by atoms with E-state index in [4.69, 9.17) is 5.73 Å². The van der Waals surface area contributed by atoms with Crippen molar-refractivity contribution in [1.82, 2.24) is 9.97 Å². The molecule has 0 saturated heterocycles. The average molecular weight is 283 g/mol. The number of nitrogens with two attached hydrogens (primary N) is 1. The number of H-pyrrole nitrogens is 1. The summed E-state index contributed by atoms with van der Waals surface area (Å²) in [6.45, 7) is 4.49. The molecular weight excluding hydrogens is 258 g/mol. The van der Waals surface area contributed by atoms with Crippen molar-refractivity contribution < 1.29 is 0 Å². The van der Waals surface area contributed by atoms with Crippen molar-refractivity contribution in [2.24, 2.45) is 11.7 Å². The molecule has 3 rings (SSSR count). The maximum Gasteiger partial charge on any atom is 0.126 e. The highest BCUT2D eigenvalue weighted by molar-refractivity contribution is 5.59. The number of hydrogen-bond donors (Lipinski definition) is 2. The zero-order chi connectivity index (χ0) is 14.9. The fraction of sp³-hybridized carbons (Fsp3) is 0.500. The average Bonchev–Trinajstić information content (AvgIpc) is 3.09. The van der Waals surface area contributed by atoms with Crippen molar-refractivity contribution in [2.45, 2.75) is 51.5 Å². The molecular formula is C18H25N3. The molecule has 0 bridgehead atoms. The van der Waals surface area contributed by atoms with E-state index in [1.807, 2.05) is 6.20 Å². The van der Waals surface area contributed by atoms with Crippen LogP contribution in [0.25, 0.3) is 11.3 Å². The zero-order valence-electron chi connectivity index (χ0n) is 13.0. The summed E-state index contributed by atoms with van der Waals surface area (Å²) in [5.74, 6) is 1.63. The van der Waals surface area contributed by atoms with Crippen LogP contribution >= 0.6 is 0 Å². The Labute approximate surface area is 127 Å². The monoisotopic (exact) mass is 283 g/mol. The van der Waals surface area contributed by atoms with Gasteiger partial charge in [-0.05, 0) is 36.3 Å². The molecule has 0 unspecified atom stereocenters. The van der Waals surface area contributed by atoms with E-state index in [1.54, 1.807) is 0 Å². The van der Waals surface area contributed by atoms with E-state index in [0.717, 1.165) is 30.8 Å². The first-order valence-corrected chi connectivity index (χ1v) is 8.00. The van der Waals surface area contributed by atoms with Gasteiger partial charge in [-0.2, -0.15) is 0 Å². The van der Waals surface area contributed by atoms with Crippen LogP contribution in [0, 0.1) is 5.92 Å². The highest BCUT2D eigenvalue weighted by atomic mass is 15.0. The van der Waals surface area contributed by atoms with E-state index in [-0.39, 0.29) is 5.54 Å². The first kappa shape index (κ1) is 14.3. The van der Waals surface area contributed by atoms with Gasteiger partial charge in [-0.25, -0.2) is 4.98 Å². The second-order valence-electron chi connectivity index (χ2n) is 6.80. The van der Waals surface area contributed by atoms with E-state index in [0.29, 0.717) is 5.92 Å². The minimum atomic E-state index is -0.240. The Kier molecular flexibility index (Phi) is 3.85. The van der Waals surface area contributed by atoms with Crippen molar-refractivity contribution in [3.63, 3.8) is 0 Å². The third-order valence-corrected chi connectivity index (χ3v) is 4.45. The number of imidazole rings is 1. The van der Waals surface area contributed by atoms with Gasteiger partial charge < -0.3 is 10.7 Å². The summed E-state index contributed by atoms with van der Waals surface area (Å²) in [6, 6.07) is 8.77. The van der Waals surface area contributed by atoms with Gasteiger partial charge in [0.2, 0.25) is 0 Å². The van der Waals surface area contributed by atoms with Gasteiger partial charge >= 0.3 is 0 Å². The predicted octanol–water partition coefficient (Wildman–Crippen LogP) is 4.00. The van der Waals surface area contributed by atoms with E-state index in [1.165, 1.54) is 24.0 Å². The molecule has 1 aromatic carbocycles. The Balaban J connectivity index is 1.80. The molecule has 1 saturated carbocycles. The number of nitrogens with one attached hydrogen (secondary N) is 1. The fourth-order valence-corrected chi connectivity index (χ4v) is 3.26. The molecule has 21 heavy (non-hydrogen) atoms. The molecule has 0 radical (unpaired) electrons. The maximum atomic E-state index is 6.46. The van der Waals surface area contributed by atoms with Crippen molar-refractivity contribution in [3.05, 3.63) is 41.9 Å². The molecule has 0 spiro atoms. The van der Waals surface area contributed by atoms with Crippen LogP contribution in [0.2, 0.25) is 0 Å². The summed E-state index contributed by atoms with van der Waals surface area (Å²) in [7, 11) is 0. The van der Waals surface area contributed by atoms with Crippen LogP contribution in [0.5, 0.6) is 0 Å². The van der Waals surface area contributed by atoms with Gasteiger partial charge in [0.05, 0.1) is 17.4 Å². The molecule has 3 heteroatoms. The highest BCUT2D eigenvalue weighted by Crippen LogP contribution is 2.35. The lowest BCUT2D eigenvalue weighted by Crippen LogP contribution is -2.34. The number of rotatable bonds is 4. The molecule has 0 amide bonds. The van der Waals surface area contributed by atoms with E-state index in [9.17, 15) is 0 Å². The molecule has 1 aliphatic carbocycles. The van der Waals surface area contributed by atoms with E-state index in [2.05, 4.69) is 48.1 Å². The predicted molar refractivity (Wildman–Crippen MR) is 86.9 cm³/mol. The Hall–Kier alpha value is -1.61. The van der Waals surface area contributed by atoms with Crippen molar-refractivity contribution in [3.8, 4) is 11.3 Å². The largest absolute Gasteiger partial charge is 0.340 e. The lowest BCUT2D eigenvalue weighted by molar-refractivity contribution is 0.436. The molecule has 2 aromatic rings. The van der Waals surface area contributed by atoms with Crippen molar-refractivity contribution in [2.75, 3.05) is 0 Å². The highest BCUT2D eigenvalue weighted by Gasteiger charge is 2.33. The Bertz CT molecular complexity index is 589. The van der Waals surface area contributed by atoms with Crippen LogP contribution in [-0.4, -0.2) is 9.97 Å². The molecule has 1 aromatic heterocycles. The van der Waals surface area contributed by atoms with Gasteiger partial charge in [-0.15, -0.1) is 0 Å². The molecule has 0 atom stereocenters. The SMILES string of the molecule is CC(C)Cc1ccc(-c2cnc(C3(N)CCCC3)[nH]2)cc1.